The number of hydrogen-bond acceptors (Lipinski definition) is 10. The van der Waals surface area contributed by atoms with E-state index in [1.165, 1.54) is 0 Å². The lowest BCUT2D eigenvalue weighted by Crippen LogP contribution is -2.48. The molecule has 2 aromatic carbocycles. The lowest BCUT2D eigenvalue weighted by Gasteiger charge is -2.27. The molecular formula is C30H39N3O8S. The highest BCUT2D eigenvalue weighted by Crippen LogP contribution is 2.31. The zero-order valence-electron chi connectivity index (χ0n) is 23.3. The van der Waals surface area contributed by atoms with Crippen LogP contribution < -0.4 is 10.6 Å². The van der Waals surface area contributed by atoms with Crippen molar-refractivity contribution in [2.75, 3.05) is 25.5 Å². The summed E-state index contributed by atoms with van der Waals surface area (Å²) in [5.41, 5.74) is 2.61. The van der Waals surface area contributed by atoms with Crippen molar-refractivity contribution < 1.29 is 40.2 Å². The molecule has 6 atom stereocenters. The smallest absolute Gasteiger partial charge is 0.307 e. The number of aliphatic hydroxyl groups is 5. The van der Waals surface area contributed by atoms with Crippen molar-refractivity contribution in [3.63, 3.8) is 0 Å². The molecule has 12 heteroatoms. The topological polar surface area (TPSA) is 192 Å². The number of carboxylic acids is 1. The Bertz CT molecular complexity index is 1300. The Hall–Kier alpha value is -3.23. The van der Waals surface area contributed by atoms with Crippen LogP contribution in [-0.4, -0.2) is 92.1 Å². The number of amides is 1. The Morgan fingerprint density at radius 3 is 2.33 bits per heavy atom. The molecule has 1 aliphatic rings. The number of para-hydroxylation sites is 1. The van der Waals surface area contributed by atoms with Crippen molar-refractivity contribution >= 4 is 51.3 Å². The lowest BCUT2D eigenvalue weighted by atomic mass is 9.78. The van der Waals surface area contributed by atoms with Gasteiger partial charge in [-0.2, -0.15) is 0 Å². The molecule has 3 aromatic rings. The SMILES string of the molecule is CNC[C@H](O)[C@@H](O)[C@H](O)[C@H](O)CO.O=C(O)[C@H]1CCCC[C@H]1C(=O)Nc1cccc(/C=C/c2nc3ccccc3s2)c1. The Labute approximate surface area is 248 Å². The Kier molecular flexibility index (Phi) is 13.0. The first-order valence-corrected chi connectivity index (χ1v) is 14.6. The molecule has 0 radical (unpaired) electrons. The van der Waals surface area contributed by atoms with E-state index in [2.05, 4.69) is 21.7 Å². The summed E-state index contributed by atoms with van der Waals surface area (Å²) in [6.45, 7) is -0.569. The Balaban J connectivity index is 0.000000316. The van der Waals surface area contributed by atoms with E-state index in [1.54, 1.807) is 18.4 Å². The molecule has 1 aliphatic carbocycles. The van der Waals surface area contributed by atoms with E-state index < -0.39 is 48.8 Å². The average Bonchev–Trinajstić information content (AvgIpc) is 3.42. The monoisotopic (exact) mass is 601 g/mol. The van der Waals surface area contributed by atoms with Gasteiger partial charge in [-0.15, -0.1) is 11.3 Å². The third-order valence-electron chi connectivity index (χ3n) is 7.04. The molecule has 1 aromatic heterocycles. The molecule has 42 heavy (non-hydrogen) atoms. The maximum absolute atomic E-state index is 12.7. The number of carboxylic acid groups (broad SMARTS) is 1. The highest BCUT2D eigenvalue weighted by atomic mass is 32.1. The molecule has 11 nitrogen and oxygen atoms in total. The van der Waals surface area contributed by atoms with Crippen LogP contribution in [0.3, 0.4) is 0 Å². The van der Waals surface area contributed by atoms with Gasteiger partial charge in [-0.05, 0) is 55.8 Å². The fourth-order valence-corrected chi connectivity index (χ4v) is 5.59. The van der Waals surface area contributed by atoms with Gasteiger partial charge in [0.2, 0.25) is 5.91 Å². The van der Waals surface area contributed by atoms with Crippen molar-refractivity contribution in [2.24, 2.45) is 11.8 Å². The minimum Gasteiger partial charge on any atom is -0.481 e. The number of thiazole rings is 1. The predicted octanol–water partition coefficient (Wildman–Crippen LogP) is 1.94. The standard InChI is InChI=1S/C23H22N2O3S.C7H17NO5/c26-22(17-8-1-2-9-18(17)23(27)28)24-16-7-5-6-15(14-16)12-13-21-25-19-10-3-4-11-20(19)29-21;1-8-2-4(10)6(12)7(13)5(11)3-9/h3-7,10-14,17-18H,1-2,8-9H2,(H,24,26)(H,27,28);4-13H,2-3H2,1H3/b13-12+;/t17-,18+;4-,5+,6+,7+/m10/s1. The van der Waals surface area contributed by atoms with E-state index in [0.717, 1.165) is 33.6 Å². The largest absolute Gasteiger partial charge is 0.481 e. The molecular weight excluding hydrogens is 562 g/mol. The lowest BCUT2D eigenvalue weighted by molar-refractivity contribution is -0.147. The zero-order chi connectivity index (χ0) is 30.6. The minimum absolute atomic E-state index is 0.0936. The van der Waals surface area contributed by atoms with Crippen LogP contribution in [0, 0.1) is 11.8 Å². The van der Waals surface area contributed by atoms with Crippen molar-refractivity contribution in [1.82, 2.24) is 10.3 Å². The van der Waals surface area contributed by atoms with Gasteiger partial charge in [0.25, 0.3) is 0 Å². The number of hydrogen-bond donors (Lipinski definition) is 8. The molecule has 0 saturated heterocycles. The number of aliphatic carboxylic acids is 1. The van der Waals surface area contributed by atoms with Crippen LogP contribution >= 0.6 is 11.3 Å². The van der Waals surface area contributed by atoms with Crippen LogP contribution in [-0.2, 0) is 9.59 Å². The molecule has 4 rings (SSSR count). The van der Waals surface area contributed by atoms with Gasteiger partial charge < -0.3 is 41.3 Å². The van der Waals surface area contributed by atoms with E-state index in [9.17, 15) is 19.8 Å². The van der Waals surface area contributed by atoms with E-state index in [1.807, 2.05) is 54.6 Å². The molecule has 8 N–H and O–H groups in total. The van der Waals surface area contributed by atoms with Crippen LogP contribution in [0.2, 0.25) is 0 Å². The first kappa shape index (κ1) is 33.3. The summed E-state index contributed by atoms with van der Waals surface area (Å²) in [4.78, 5) is 28.7. The number of carbonyl (C=O) groups is 2. The summed E-state index contributed by atoms with van der Waals surface area (Å²) in [5, 5.41) is 60.7. The fraction of sp³-hybridized carbons (Fsp3) is 0.433. The number of anilines is 1. The summed E-state index contributed by atoms with van der Waals surface area (Å²) >= 11 is 1.63. The summed E-state index contributed by atoms with van der Waals surface area (Å²) in [6.07, 6.45) is 1.24. The van der Waals surface area contributed by atoms with Crippen LogP contribution in [0.25, 0.3) is 22.4 Å². The molecule has 1 amide bonds. The highest BCUT2D eigenvalue weighted by Gasteiger charge is 2.35. The van der Waals surface area contributed by atoms with Gasteiger partial charge in [0.1, 0.15) is 23.3 Å². The third-order valence-corrected chi connectivity index (χ3v) is 8.04. The molecule has 0 aliphatic heterocycles. The van der Waals surface area contributed by atoms with Gasteiger partial charge in [0.05, 0.1) is 34.8 Å². The van der Waals surface area contributed by atoms with Crippen molar-refractivity contribution in [3.8, 4) is 0 Å². The molecule has 0 bridgehead atoms. The molecule has 1 saturated carbocycles. The summed E-state index contributed by atoms with van der Waals surface area (Å²) in [6, 6.07) is 15.6. The molecule has 0 unspecified atom stereocenters. The zero-order valence-corrected chi connectivity index (χ0v) is 24.2. The summed E-state index contributed by atoms with van der Waals surface area (Å²) in [5.74, 6) is -2.14. The summed E-state index contributed by atoms with van der Waals surface area (Å²) in [7, 11) is 1.57. The van der Waals surface area contributed by atoms with Gasteiger partial charge in [-0.1, -0.05) is 43.2 Å². The number of fused-ring (bicyclic) bond motifs is 1. The first-order chi connectivity index (χ1) is 20.1. The maximum atomic E-state index is 12.7. The van der Waals surface area contributed by atoms with Gasteiger partial charge in [-0.25, -0.2) is 4.98 Å². The number of aliphatic hydroxyl groups excluding tert-OH is 5. The van der Waals surface area contributed by atoms with Gasteiger partial charge in [0, 0.05) is 12.2 Å². The van der Waals surface area contributed by atoms with E-state index >= 15 is 0 Å². The van der Waals surface area contributed by atoms with Crippen molar-refractivity contribution in [3.05, 3.63) is 59.1 Å². The molecule has 1 fully saturated rings. The number of likely N-dealkylation sites (N-methyl/N-ethyl adjacent to an activating group) is 1. The minimum atomic E-state index is -1.55. The van der Waals surface area contributed by atoms with Crippen LogP contribution in [0.15, 0.2) is 48.5 Å². The Morgan fingerprint density at radius 1 is 0.976 bits per heavy atom. The van der Waals surface area contributed by atoms with Gasteiger partial charge in [0.15, 0.2) is 0 Å². The maximum Gasteiger partial charge on any atom is 0.307 e. The first-order valence-electron chi connectivity index (χ1n) is 13.8. The van der Waals surface area contributed by atoms with Crippen LogP contribution in [0.5, 0.6) is 0 Å². The average molecular weight is 602 g/mol. The summed E-state index contributed by atoms with van der Waals surface area (Å²) < 4.78 is 1.15. The van der Waals surface area contributed by atoms with E-state index in [0.29, 0.717) is 18.5 Å². The number of benzene rings is 2. The second kappa shape index (κ2) is 16.4. The van der Waals surface area contributed by atoms with Crippen molar-refractivity contribution in [1.29, 1.82) is 0 Å². The molecule has 0 spiro atoms. The number of nitrogens with zero attached hydrogens (tertiary/aromatic N) is 1. The van der Waals surface area contributed by atoms with Crippen LogP contribution in [0.4, 0.5) is 5.69 Å². The normalized spacial score (nSPS) is 19.9. The van der Waals surface area contributed by atoms with Gasteiger partial charge in [-0.3, -0.25) is 9.59 Å². The highest BCUT2D eigenvalue weighted by molar-refractivity contribution is 7.19. The number of carbonyl (C=O) groups excluding carboxylic acids is 1. The fourth-order valence-electron chi connectivity index (χ4n) is 4.72. The predicted molar refractivity (Wildman–Crippen MR) is 162 cm³/mol. The number of nitrogens with one attached hydrogen (secondary N) is 2. The van der Waals surface area contributed by atoms with Crippen LogP contribution in [0.1, 0.15) is 36.3 Å². The quantitative estimate of drug-likeness (QED) is 0.161. The number of rotatable bonds is 11. The van der Waals surface area contributed by atoms with Crippen molar-refractivity contribution in [2.45, 2.75) is 50.1 Å². The second-order valence-corrected chi connectivity index (χ2v) is 11.2. The molecule has 228 valence electrons. The van der Waals surface area contributed by atoms with E-state index in [-0.39, 0.29) is 12.5 Å². The number of aromatic nitrogens is 1. The third kappa shape index (κ3) is 9.39. The van der Waals surface area contributed by atoms with E-state index in [4.69, 9.17) is 20.4 Å². The van der Waals surface area contributed by atoms with Gasteiger partial charge >= 0.3 is 5.97 Å². The Morgan fingerprint density at radius 2 is 1.67 bits per heavy atom. The molecule has 1 heterocycles. The second-order valence-electron chi connectivity index (χ2n) is 10.2.